The van der Waals surface area contributed by atoms with Crippen LogP contribution < -0.4 is 5.32 Å². The van der Waals surface area contributed by atoms with Crippen LogP contribution in [0.2, 0.25) is 0 Å². The molecule has 28 heavy (non-hydrogen) atoms. The highest BCUT2D eigenvalue weighted by Gasteiger charge is 2.25. The summed E-state index contributed by atoms with van der Waals surface area (Å²) < 4.78 is 13.5. The number of aliphatic carboxylic acids is 1. The Morgan fingerprint density at radius 2 is 1.93 bits per heavy atom. The number of H-pyrrole nitrogens is 1. The number of fused-ring (bicyclic) bond motifs is 1. The number of hydrogen-bond acceptors (Lipinski definition) is 6. The van der Waals surface area contributed by atoms with Crippen molar-refractivity contribution >= 4 is 33.9 Å². The van der Waals surface area contributed by atoms with Gasteiger partial charge < -0.3 is 15.4 Å². The van der Waals surface area contributed by atoms with Gasteiger partial charge in [0.25, 0.3) is 11.4 Å². The molecule has 144 valence electrons. The van der Waals surface area contributed by atoms with Crippen molar-refractivity contribution in [1.29, 1.82) is 0 Å². The van der Waals surface area contributed by atoms with Gasteiger partial charge in [0.2, 0.25) is 0 Å². The molecule has 3 aromatic rings. The standard InChI is InChI=1S/C17H13FN4O6/c18-10-1-3-13-12(6-10)9(8-19-13)5-15(17(23)24)20-14-4-2-11(21(25)26)7-16(14)22(27)28/h1-4,6-8,15,19-20H,5H2,(H,23,24). The van der Waals surface area contributed by atoms with E-state index in [1.807, 2.05) is 0 Å². The lowest BCUT2D eigenvalue weighted by Gasteiger charge is -2.15. The number of non-ortho nitro benzene ring substituents is 1. The first-order valence-corrected chi connectivity index (χ1v) is 7.94. The Kier molecular flexibility index (Phi) is 4.90. The van der Waals surface area contributed by atoms with Crippen LogP contribution in [-0.2, 0) is 11.2 Å². The molecule has 1 unspecified atom stereocenters. The number of nitrogens with one attached hydrogen (secondary N) is 2. The van der Waals surface area contributed by atoms with Gasteiger partial charge in [-0.2, -0.15) is 0 Å². The van der Waals surface area contributed by atoms with Crippen LogP contribution in [0.3, 0.4) is 0 Å². The second-order valence-corrected chi connectivity index (χ2v) is 5.96. The van der Waals surface area contributed by atoms with Crippen molar-refractivity contribution in [2.75, 3.05) is 5.32 Å². The van der Waals surface area contributed by atoms with Crippen molar-refractivity contribution in [1.82, 2.24) is 4.98 Å². The van der Waals surface area contributed by atoms with Crippen LogP contribution in [0.5, 0.6) is 0 Å². The Morgan fingerprint density at radius 1 is 1.18 bits per heavy atom. The Hall–Kier alpha value is -4.02. The Balaban J connectivity index is 1.93. The van der Waals surface area contributed by atoms with E-state index in [4.69, 9.17) is 0 Å². The molecule has 11 heteroatoms. The fraction of sp³-hybridized carbons (Fsp3) is 0.118. The van der Waals surface area contributed by atoms with E-state index in [0.717, 1.165) is 18.2 Å². The molecule has 1 aromatic heterocycles. The van der Waals surface area contributed by atoms with Crippen molar-refractivity contribution in [2.24, 2.45) is 0 Å². The van der Waals surface area contributed by atoms with Crippen molar-refractivity contribution in [3.8, 4) is 0 Å². The second-order valence-electron chi connectivity index (χ2n) is 5.96. The van der Waals surface area contributed by atoms with E-state index in [-0.39, 0.29) is 12.1 Å². The third kappa shape index (κ3) is 3.72. The number of nitrogens with zero attached hydrogens (tertiary/aromatic N) is 2. The average molecular weight is 388 g/mol. The monoisotopic (exact) mass is 388 g/mol. The number of anilines is 1. The summed E-state index contributed by atoms with van der Waals surface area (Å²) in [7, 11) is 0. The lowest BCUT2D eigenvalue weighted by molar-refractivity contribution is -0.393. The third-order valence-corrected chi connectivity index (χ3v) is 4.17. The summed E-state index contributed by atoms with van der Waals surface area (Å²) in [4.78, 5) is 35.0. The van der Waals surface area contributed by atoms with Crippen LogP contribution in [-0.4, -0.2) is 31.9 Å². The largest absolute Gasteiger partial charge is 0.480 e. The van der Waals surface area contributed by atoms with E-state index in [2.05, 4.69) is 10.3 Å². The quantitative estimate of drug-likeness (QED) is 0.415. The molecule has 3 rings (SSSR count). The molecule has 1 atom stereocenters. The molecule has 1 heterocycles. The van der Waals surface area contributed by atoms with Gasteiger partial charge in [-0.3, -0.25) is 20.2 Å². The number of halogens is 1. The number of hydrogen-bond donors (Lipinski definition) is 3. The molecule has 0 aliphatic carbocycles. The van der Waals surface area contributed by atoms with E-state index in [9.17, 15) is 34.5 Å². The predicted octanol–water partition coefficient (Wildman–Crippen LogP) is 3.23. The van der Waals surface area contributed by atoms with Gasteiger partial charge in [0, 0.05) is 29.6 Å². The predicted molar refractivity (Wildman–Crippen MR) is 96.8 cm³/mol. The zero-order chi connectivity index (χ0) is 20.4. The molecule has 0 spiro atoms. The normalized spacial score (nSPS) is 11.9. The Labute approximate surface area is 155 Å². The van der Waals surface area contributed by atoms with Crippen LogP contribution >= 0.6 is 0 Å². The maximum absolute atomic E-state index is 13.5. The number of nitro groups is 2. The van der Waals surface area contributed by atoms with Gasteiger partial charge in [0.05, 0.1) is 15.9 Å². The second kappa shape index (κ2) is 7.31. The highest BCUT2D eigenvalue weighted by atomic mass is 19.1. The summed E-state index contributed by atoms with van der Waals surface area (Å²) in [6, 6.07) is 5.61. The molecule has 0 saturated heterocycles. The number of carboxylic acids is 1. The van der Waals surface area contributed by atoms with Crippen LogP contribution in [0, 0.1) is 26.0 Å². The molecular weight excluding hydrogens is 375 g/mol. The van der Waals surface area contributed by atoms with Crippen molar-refractivity contribution in [3.05, 3.63) is 74.2 Å². The van der Waals surface area contributed by atoms with Crippen LogP contribution in [0.4, 0.5) is 21.5 Å². The molecule has 0 aliphatic rings. The van der Waals surface area contributed by atoms with Gasteiger partial charge in [-0.15, -0.1) is 0 Å². The van der Waals surface area contributed by atoms with E-state index >= 15 is 0 Å². The SMILES string of the molecule is O=C(O)C(Cc1c[nH]c2ccc(F)cc12)Nc1ccc([N+](=O)[O-])cc1[N+](=O)[O-]. The van der Waals surface area contributed by atoms with Gasteiger partial charge in [-0.1, -0.05) is 0 Å². The summed E-state index contributed by atoms with van der Waals surface area (Å²) >= 11 is 0. The molecule has 0 bridgehead atoms. The molecule has 10 nitrogen and oxygen atoms in total. The lowest BCUT2D eigenvalue weighted by Crippen LogP contribution is -2.31. The maximum atomic E-state index is 13.5. The van der Waals surface area contributed by atoms with Crippen LogP contribution in [0.15, 0.2) is 42.6 Å². The fourth-order valence-electron chi connectivity index (χ4n) is 2.83. The van der Waals surface area contributed by atoms with Crippen LogP contribution in [0.1, 0.15) is 5.56 Å². The molecule has 0 fully saturated rings. The van der Waals surface area contributed by atoms with Crippen molar-refractivity contribution in [2.45, 2.75) is 12.5 Å². The van der Waals surface area contributed by atoms with E-state index < -0.39 is 39.0 Å². The first-order chi connectivity index (χ1) is 13.3. The summed E-state index contributed by atoms with van der Waals surface area (Å²) in [5.74, 6) is -1.78. The number of rotatable bonds is 7. The topological polar surface area (TPSA) is 151 Å². The molecular formula is C17H13FN4O6. The third-order valence-electron chi connectivity index (χ3n) is 4.17. The number of benzene rings is 2. The lowest BCUT2D eigenvalue weighted by atomic mass is 10.0. The number of aromatic nitrogens is 1. The smallest absolute Gasteiger partial charge is 0.326 e. The number of carboxylic acid groups (broad SMARTS) is 1. The minimum absolute atomic E-state index is 0.104. The highest BCUT2D eigenvalue weighted by Crippen LogP contribution is 2.30. The van der Waals surface area contributed by atoms with Crippen molar-refractivity contribution in [3.63, 3.8) is 0 Å². The summed E-state index contributed by atoms with van der Waals surface area (Å²) in [5, 5.41) is 34.6. The van der Waals surface area contributed by atoms with E-state index in [1.54, 1.807) is 0 Å². The van der Waals surface area contributed by atoms with Crippen molar-refractivity contribution < 1.29 is 24.1 Å². The number of carbonyl (C=O) groups is 1. The van der Waals surface area contributed by atoms with Gasteiger partial charge in [-0.25, -0.2) is 9.18 Å². The molecule has 0 radical (unpaired) electrons. The molecule has 0 amide bonds. The summed E-state index contributed by atoms with van der Waals surface area (Å²) in [5.41, 5.74) is -0.170. The van der Waals surface area contributed by atoms with Gasteiger partial charge in [0.1, 0.15) is 17.5 Å². The summed E-state index contributed by atoms with van der Waals surface area (Å²) in [6.45, 7) is 0. The first-order valence-electron chi connectivity index (χ1n) is 7.94. The average Bonchev–Trinajstić information content (AvgIpc) is 3.02. The Bertz CT molecular complexity index is 1100. The highest BCUT2D eigenvalue weighted by molar-refractivity contribution is 5.85. The zero-order valence-electron chi connectivity index (χ0n) is 14.1. The minimum atomic E-state index is -1.29. The Morgan fingerprint density at radius 3 is 2.57 bits per heavy atom. The first kappa shape index (κ1) is 18.8. The van der Waals surface area contributed by atoms with Gasteiger partial charge in [0.15, 0.2) is 0 Å². The van der Waals surface area contributed by atoms with Gasteiger partial charge >= 0.3 is 5.97 Å². The minimum Gasteiger partial charge on any atom is -0.480 e. The maximum Gasteiger partial charge on any atom is 0.326 e. The molecule has 3 N–H and O–H groups in total. The van der Waals surface area contributed by atoms with Crippen LogP contribution in [0.25, 0.3) is 10.9 Å². The summed E-state index contributed by atoms with van der Waals surface area (Å²) in [6.07, 6.45) is 1.43. The molecule has 0 aliphatic heterocycles. The van der Waals surface area contributed by atoms with E-state index in [0.29, 0.717) is 16.5 Å². The zero-order valence-corrected chi connectivity index (χ0v) is 14.1. The van der Waals surface area contributed by atoms with E-state index in [1.165, 1.54) is 24.4 Å². The molecule has 2 aromatic carbocycles. The van der Waals surface area contributed by atoms with Gasteiger partial charge in [-0.05, 0) is 29.8 Å². The number of aromatic amines is 1. The molecule has 0 saturated carbocycles. The number of nitro benzene ring substituents is 2. The fourth-order valence-corrected chi connectivity index (χ4v) is 2.83.